The number of methoxy groups -OCH3 is 1. The third-order valence-corrected chi connectivity index (χ3v) is 5.87. The molecule has 1 amide bonds. The van der Waals surface area contributed by atoms with Crippen LogP contribution in [-0.4, -0.2) is 32.8 Å². The van der Waals surface area contributed by atoms with Crippen LogP contribution in [0.3, 0.4) is 0 Å². The highest BCUT2D eigenvalue weighted by Gasteiger charge is 2.12. The van der Waals surface area contributed by atoms with Crippen molar-refractivity contribution >= 4 is 38.7 Å². The van der Waals surface area contributed by atoms with Crippen molar-refractivity contribution in [1.29, 1.82) is 0 Å². The van der Waals surface area contributed by atoms with Gasteiger partial charge < -0.3 is 4.74 Å². The Morgan fingerprint density at radius 1 is 1.12 bits per heavy atom. The van der Waals surface area contributed by atoms with E-state index in [2.05, 4.69) is 15.3 Å². The minimum Gasteiger partial charge on any atom is -0.497 e. The summed E-state index contributed by atoms with van der Waals surface area (Å²) in [6.45, 7) is 0. The van der Waals surface area contributed by atoms with Gasteiger partial charge in [0.15, 0.2) is 5.13 Å². The number of amides is 1. The van der Waals surface area contributed by atoms with E-state index in [9.17, 15) is 4.79 Å². The summed E-state index contributed by atoms with van der Waals surface area (Å²) in [5.41, 5.74) is 4.14. The molecule has 0 unspecified atom stereocenters. The van der Waals surface area contributed by atoms with Crippen LogP contribution in [0.1, 0.15) is 5.56 Å². The Morgan fingerprint density at radius 2 is 2.00 bits per heavy atom. The van der Waals surface area contributed by atoms with E-state index in [0.717, 1.165) is 38.5 Å². The molecule has 3 heterocycles. The number of carbonyl (C=O) groups is 1. The summed E-state index contributed by atoms with van der Waals surface area (Å²) >= 11 is 1.40. The highest BCUT2D eigenvalue weighted by molar-refractivity contribution is 7.22. The predicted octanol–water partition coefficient (Wildman–Crippen LogP) is 5.20. The van der Waals surface area contributed by atoms with Crippen molar-refractivity contribution in [2.24, 2.45) is 0 Å². The number of nitrogens with one attached hydrogen (secondary N) is 1. The van der Waals surface area contributed by atoms with Gasteiger partial charge in [-0.2, -0.15) is 5.10 Å². The second-order valence-corrected chi connectivity index (χ2v) is 8.16. The van der Waals surface area contributed by atoms with Gasteiger partial charge in [-0.15, -0.1) is 0 Å². The third-order valence-electron chi connectivity index (χ3n) is 4.94. The molecule has 0 aliphatic rings. The third kappa shape index (κ3) is 4.51. The van der Waals surface area contributed by atoms with E-state index in [0.29, 0.717) is 5.13 Å². The SMILES string of the molecule is COc1ccc2nc(NC(=O)/C=C/c3cn(-c4ccccc4)nc3-c3cccnc3)sc2c1. The lowest BCUT2D eigenvalue weighted by Crippen LogP contribution is -2.07. The van der Waals surface area contributed by atoms with Crippen LogP contribution in [0.2, 0.25) is 0 Å². The molecular formula is C25H19N5O2S. The Labute approximate surface area is 194 Å². The number of anilines is 1. The number of thiazole rings is 1. The summed E-state index contributed by atoms with van der Waals surface area (Å²) in [7, 11) is 1.62. The molecule has 0 saturated heterocycles. The molecule has 0 saturated carbocycles. The summed E-state index contributed by atoms with van der Waals surface area (Å²) in [4.78, 5) is 21.3. The monoisotopic (exact) mass is 453 g/mol. The number of hydrogen-bond donors (Lipinski definition) is 1. The number of aromatic nitrogens is 4. The molecule has 7 nitrogen and oxygen atoms in total. The average Bonchev–Trinajstić information content (AvgIpc) is 3.47. The number of nitrogens with zero attached hydrogens (tertiary/aromatic N) is 4. The largest absolute Gasteiger partial charge is 0.497 e. The molecule has 0 fully saturated rings. The highest BCUT2D eigenvalue weighted by Crippen LogP contribution is 2.29. The maximum absolute atomic E-state index is 12.6. The number of pyridine rings is 1. The Hall–Kier alpha value is -4.30. The molecule has 0 bridgehead atoms. The summed E-state index contributed by atoms with van der Waals surface area (Å²) in [6.07, 6.45) is 8.60. The summed E-state index contributed by atoms with van der Waals surface area (Å²) in [5.74, 6) is 0.480. The number of benzene rings is 2. The first-order valence-corrected chi connectivity index (χ1v) is 11.0. The van der Waals surface area contributed by atoms with Crippen LogP contribution in [0.5, 0.6) is 5.75 Å². The first kappa shape index (κ1) is 20.6. The molecule has 5 rings (SSSR count). The van der Waals surface area contributed by atoms with Gasteiger partial charge in [0.25, 0.3) is 0 Å². The van der Waals surface area contributed by atoms with E-state index in [1.54, 1.807) is 30.3 Å². The number of rotatable bonds is 6. The number of hydrogen-bond acceptors (Lipinski definition) is 6. The lowest BCUT2D eigenvalue weighted by Gasteiger charge is -2.00. The molecule has 2 aromatic carbocycles. The first-order valence-electron chi connectivity index (χ1n) is 10.2. The fourth-order valence-electron chi connectivity index (χ4n) is 3.35. The minimum atomic E-state index is -0.273. The second-order valence-electron chi connectivity index (χ2n) is 7.13. The van der Waals surface area contributed by atoms with E-state index in [4.69, 9.17) is 9.84 Å². The zero-order valence-corrected chi connectivity index (χ0v) is 18.5. The summed E-state index contributed by atoms with van der Waals surface area (Å²) in [6, 6.07) is 19.2. The van der Waals surface area contributed by atoms with Crippen LogP contribution >= 0.6 is 11.3 Å². The Balaban J connectivity index is 1.41. The van der Waals surface area contributed by atoms with Crippen molar-refractivity contribution in [2.75, 3.05) is 12.4 Å². The molecular weight excluding hydrogens is 434 g/mol. The average molecular weight is 454 g/mol. The van der Waals surface area contributed by atoms with Crippen LogP contribution in [0.25, 0.3) is 33.2 Å². The lowest BCUT2D eigenvalue weighted by molar-refractivity contribution is -0.111. The van der Waals surface area contributed by atoms with Crippen LogP contribution in [0.15, 0.2) is 85.3 Å². The van der Waals surface area contributed by atoms with Crippen LogP contribution in [-0.2, 0) is 4.79 Å². The first-order chi connectivity index (χ1) is 16.2. The molecule has 1 N–H and O–H groups in total. The van der Waals surface area contributed by atoms with Gasteiger partial charge in [-0.25, -0.2) is 9.67 Å². The number of ether oxygens (including phenoxy) is 1. The van der Waals surface area contributed by atoms with E-state index >= 15 is 0 Å². The van der Waals surface area contributed by atoms with Crippen LogP contribution in [0, 0.1) is 0 Å². The van der Waals surface area contributed by atoms with E-state index in [1.165, 1.54) is 17.4 Å². The predicted molar refractivity (Wildman–Crippen MR) is 131 cm³/mol. The molecule has 0 aliphatic heterocycles. The highest BCUT2D eigenvalue weighted by atomic mass is 32.1. The summed E-state index contributed by atoms with van der Waals surface area (Å²) < 4.78 is 7.98. The number of fused-ring (bicyclic) bond motifs is 1. The van der Waals surface area contributed by atoms with Crippen molar-refractivity contribution in [3.05, 3.63) is 90.9 Å². The molecule has 0 atom stereocenters. The van der Waals surface area contributed by atoms with Crippen molar-refractivity contribution < 1.29 is 9.53 Å². The van der Waals surface area contributed by atoms with Crippen molar-refractivity contribution in [1.82, 2.24) is 19.7 Å². The second kappa shape index (κ2) is 9.05. The van der Waals surface area contributed by atoms with Gasteiger partial charge >= 0.3 is 0 Å². The minimum absolute atomic E-state index is 0.273. The van der Waals surface area contributed by atoms with Crippen molar-refractivity contribution in [2.45, 2.75) is 0 Å². The van der Waals surface area contributed by atoms with Crippen LogP contribution < -0.4 is 10.1 Å². The molecule has 0 aliphatic carbocycles. The maximum atomic E-state index is 12.6. The quantitative estimate of drug-likeness (QED) is 0.357. The molecule has 33 heavy (non-hydrogen) atoms. The van der Waals surface area contributed by atoms with E-state index in [-0.39, 0.29) is 5.91 Å². The summed E-state index contributed by atoms with van der Waals surface area (Å²) in [5, 5.41) is 8.10. The maximum Gasteiger partial charge on any atom is 0.250 e. The number of carbonyl (C=O) groups excluding carboxylic acids is 1. The fourth-order valence-corrected chi connectivity index (χ4v) is 4.24. The standard InChI is InChI=1S/C25H19N5O2S/c1-32-20-10-11-21-22(14-20)33-25(27-21)28-23(31)12-9-18-16-30(19-7-3-2-4-8-19)29-24(18)17-6-5-13-26-15-17/h2-16H,1H3,(H,27,28,31)/b12-9+. The molecule has 3 aromatic heterocycles. The zero-order valence-electron chi connectivity index (χ0n) is 17.7. The molecule has 162 valence electrons. The van der Waals surface area contributed by atoms with Gasteiger partial charge in [0.05, 0.1) is 23.0 Å². The normalized spacial score (nSPS) is 11.2. The Kier molecular flexibility index (Phi) is 5.65. The van der Waals surface area contributed by atoms with Crippen LogP contribution in [0.4, 0.5) is 5.13 Å². The van der Waals surface area contributed by atoms with E-state index < -0.39 is 0 Å². The zero-order chi connectivity index (χ0) is 22.6. The van der Waals surface area contributed by atoms with Gasteiger partial charge in [0, 0.05) is 35.8 Å². The molecule has 5 aromatic rings. The fraction of sp³-hybridized carbons (Fsp3) is 0.0400. The molecule has 0 spiro atoms. The van der Waals surface area contributed by atoms with Gasteiger partial charge in [0.2, 0.25) is 5.91 Å². The van der Waals surface area contributed by atoms with Crippen molar-refractivity contribution in [3.8, 4) is 22.7 Å². The van der Waals surface area contributed by atoms with Crippen molar-refractivity contribution in [3.63, 3.8) is 0 Å². The molecule has 8 heteroatoms. The topological polar surface area (TPSA) is 81.9 Å². The lowest BCUT2D eigenvalue weighted by atomic mass is 10.1. The van der Waals surface area contributed by atoms with E-state index in [1.807, 2.05) is 66.9 Å². The van der Waals surface area contributed by atoms with Gasteiger partial charge in [-0.05, 0) is 48.5 Å². The van der Waals surface area contributed by atoms with Gasteiger partial charge in [0.1, 0.15) is 11.4 Å². The Bertz CT molecular complexity index is 1440. The van der Waals surface area contributed by atoms with Gasteiger partial charge in [-0.3, -0.25) is 15.1 Å². The number of para-hydroxylation sites is 1. The molecule has 0 radical (unpaired) electrons. The smallest absolute Gasteiger partial charge is 0.250 e. The Morgan fingerprint density at radius 3 is 2.79 bits per heavy atom. The van der Waals surface area contributed by atoms with Gasteiger partial charge in [-0.1, -0.05) is 29.5 Å².